The van der Waals surface area contributed by atoms with Gasteiger partial charge < -0.3 is 10.2 Å². The quantitative estimate of drug-likeness (QED) is 0.758. The fraction of sp³-hybridized carbons (Fsp3) is 0.333. The van der Waals surface area contributed by atoms with E-state index in [-0.39, 0.29) is 33.9 Å². The first-order chi connectivity index (χ1) is 13.7. The van der Waals surface area contributed by atoms with Crippen LogP contribution in [0, 0.1) is 5.92 Å². The molecular weight excluding hydrogens is 390 g/mol. The van der Waals surface area contributed by atoms with E-state index in [4.69, 9.17) is 0 Å². The predicted octanol–water partition coefficient (Wildman–Crippen LogP) is 2.78. The molecule has 1 aliphatic heterocycles. The summed E-state index contributed by atoms with van der Waals surface area (Å²) >= 11 is 0. The number of nitrogens with zero attached hydrogens (tertiary/aromatic N) is 1. The lowest BCUT2D eigenvalue weighted by atomic mass is 10.1. The molecule has 1 heterocycles. The van der Waals surface area contributed by atoms with Gasteiger partial charge in [0.05, 0.1) is 16.1 Å². The highest BCUT2D eigenvalue weighted by atomic mass is 32.2. The second-order valence-corrected chi connectivity index (χ2v) is 9.15. The van der Waals surface area contributed by atoms with E-state index in [0.717, 1.165) is 11.3 Å². The van der Waals surface area contributed by atoms with E-state index in [9.17, 15) is 18.0 Å². The van der Waals surface area contributed by atoms with Gasteiger partial charge in [-0.25, -0.2) is 8.42 Å². The van der Waals surface area contributed by atoms with Gasteiger partial charge in [0.15, 0.2) is 0 Å². The Kier molecular flexibility index (Phi) is 5.93. The zero-order chi connectivity index (χ0) is 21.2. The molecule has 7 nitrogen and oxygen atoms in total. The van der Waals surface area contributed by atoms with E-state index >= 15 is 0 Å². The van der Waals surface area contributed by atoms with Crippen LogP contribution in [0.3, 0.4) is 0 Å². The summed E-state index contributed by atoms with van der Waals surface area (Å²) in [5, 5.41) is 2.80. The molecule has 0 radical (unpaired) electrons. The van der Waals surface area contributed by atoms with E-state index in [1.807, 2.05) is 13.8 Å². The van der Waals surface area contributed by atoms with E-state index in [0.29, 0.717) is 19.5 Å². The van der Waals surface area contributed by atoms with Crippen LogP contribution in [0.25, 0.3) is 0 Å². The van der Waals surface area contributed by atoms with Crippen LogP contribution in [-0.4, -0.2) is 33.3 Å². The number of carbonyl (C=O) groups is 2. The summed E-state index contributed by atoms with van der Waals surface area (Å²) < 4.78 is 28.4. The average Bonchev–Trinajstić information content (AvgIpc) is 3.09. The van der Waals surface area contributed by atoms with Crippen LogP contribution in [-0.2, 0) is 21.2 Å². The van der Waals surface area contributed by atoms with Gasteiger partial charge in [-0.1, -0.05) is 26.0 Å². The normalized spacial score (nSPS) is 13.3. The number of para-hydroxylation sites is 1. The Labute approximate surface area is 171 Å². The minimum absolute atomic E-state index is 0.0705. The first kappa shape index (κ1) is 20.9. The molecule has 2 aromatic rings. The van der Waals surface area contributed by atoms with Gasteiger partial charge in [0.1, 0.15) is 0 Å². The Hall–Kier alpha value is -2.87. The summed E-state index contributed by atoms with van der Waals surface area (Å²) in [6, 6.07) is 11.2. The largest absolute Gasteiger partial charge is 0.352 e. The summed E-state index contributed by atoms with van der Waals surface area (Å²) in [6.45, 7) is 6.49. The van der Waals surface area contributed by atoms with E-state index in [1.165, 1.54) is 13.0 Å². The second kappa shape index (κ2) is 8.24. The molecule has 2 aromatic carbocycles. The minimum Gasteiger partial charge on any atom is -0.352 e. The van der Waals surface area contributed by atoms with Crippen molar-refractivity contribution in [2.45, 2.75) is 32.1 Å². The van der Waals surface area contributed by atoms with Crippen LogP contribution in [0.15, 0.2) is 47.4 Å². The van der Waals surface area contributed by atoms with Crippen molar-refractivity contribution in [3.8, 4) is 0 Å². The van der Waals surface area contributed by atoms with Crippen molar-refractivity contribution in [1.29, 1.82) is 0 Å². The number of amides is 2. The molecule has 0 spiro atoms. The Bertz CT molecular complexity index is 1050. The number of hydrogen-bond acceptors (Lipinski definition) is 4. The first-order valence-electron chi connectivity index (χ1n) is 9.50. The molecule has 154 valence electrons. The zero-order valence-electron chi connectivity index (χ0n) is 16.7. The van der Waals surface area contributed by atoms with Crippen molar-refractivity contribution >= 4 is 33.2 Å². The Morgan fingerprint density at radius 1 is 1.14 bits per heavy atom. The lowest BCUT2D eigenvalue weighted by Gasteiger charge is -2.16. The van der Waals surface area contributed by atoms with Crippen LogP contribution < -0.4 is 14.9 Å². The number of rotatable bonds is 6. The molecule has 0 saturated heterocycles. The lowest BCUT2D eigenvalue weighted by molar-refractivity contribution is -0.116. The summed E-state index contributed by atoms with van der Waals surface area (Å²) in [4.78, 5) is 25.9. The first-order valence-corrected chi connectivity index (χ1v) is 11.0. The summed E-state index contributed by atoms with van der Waals surface area (Å²) in [6.07, 6.45) is 0.604. The molecule has 0 atom stereocenters. The van der Waals surface area contributed by atoms with E-state index in [1.54, 1.807) is 41.3 Å². The van der Waals surface area contributed by atoms with Crippen molar-refractivity contribution in [2.75, 3.05) is 22.7 Å². The van der Waals surface area contributed by atoms with Gasteiger partial charge in [0, 0.05) is 25.7 Å². The van der Waals surface area contributed by atoms with Gasteiger partial charge in [-0.15, -0.1) is 0 Å². The van der Waals surface area contributed by atoms with Gasteiger partial charge in [0.25, 0.3) is 15.9 Å². The highest BCUT2D eigenvalue weighted by molar-refractivity contribution is 7.92. The number of sulfonamides is 1. The van der Waals surface area contributed by atoms with Crippen molar-refractivity contribution in [2.24, 2.45) is 5.92 Å². The molecule has 0 saturated carbocycles. The van der Waals surface area contributed by atoms with Gasteiger partial charge in [-0.05, 0) is 48.2 Å². The number of anilines is 2. The Balaban J connectivity index is 1.86. The topological polar surface area (TPSA) is 95.6 Å². The number of benzene rings is 2. The third kappa shape index (κ3) is 4.59. The highest BCUT2D eigenvalue weighted by Crippen LogP contribution is 2.31. The highest BCUT2D eigenvalue weighted by Gasteiger charge is 2.25. The van der Waals surface area contributed by atoms with Crippen molar-refractivity contribution in [3.05, 3.63) is 53.6 Å². The number of carbonyl (C=O) groups excluding carboxylic acids is 2. The van der Waals surface area contributed by atoms with E-state index in [2.05, 4.69) is 10.0 Å². The number of fused-ring (bicyclic) bond motifs is 1. The zero-order valence-corrected chi connectivity index (χ0v) is 17.5. The van der Waals surface area contributed by atoms with E-state index < -0.39 is 10.0 Å². The summed E-state index contributed by atoms with van der Waals surface area (Å²) in [5.41, 5.74) is 2.04. The number of nitrogens with one attached hydrogen (secondary N) is 2. The molecule has 0 aromatic heterocycles. The molecule has 0 bridgehead atoms. The van der Waals surface area contributed by atoms with Crippen molar-refractivity contribution < 1.29 is 18.0 Å². The molecule has 0 fully saturated rings. The van der Waals surface area contributed by atoms with Gasteiger partial charge in [-0.3, -0.25) is 14.3 Å². The molecule has 2 amide bonds. The fourth-order valence-corrected chi connectivity index (χ4v) is 4.37. The van der Waals surface area contributed by atoms with Gasteiger partial charge in [-0.2, -0.15) is 0 Å². The second-order valence-electron chi connectivity index (χ2n) is 7.47. The van der Waals surface area contributed by atoms with Crippen LogP contribution in [0.5, 0.6) is 0 Å². The maximum absolute atomic E-state index is 12.9. The third-order valence-corrected chi connectivity index (χ3v) is 6.09. The van der Waals surface area contributed by atoms with Crippen LogP contribution in [0.4, 0.5) is 11.4 Å². The van der Waals surface area contributed by atoms with Crippen LogP contribution in [0.1, 0.15) is 36.7 Å². The number of hydrogen-bond donors (Lipinski definition) is 2. The maximum Gasteiger partial charge on any atom is 0.261 e. The van der Waals surface area contributed by atoms with Crippen molar-refractivity contribution in [1.82, 2.24) is 5.32 Å². The monoisotopic (exact) mass is 415 g/mol. The Morgan fingerprint density at radius 3 is 2.55 bits per heavy atom. The Morgan fingerprint density at radius 2 is 1.86 bits per heavy atom. The van der Waals surface area contributed by atoms with Crippen LogP contribution in [0.2, 0.25) is 0 Å². The SMILES string of the molecule is CC(=O)N1CCc2cc(S(=O)(=O)Nc3ccccc3C(=O)NCC(C)C)ccc21. The van der Waals surface area contributed by atoms with Crippen LogP contribution >= 0.6 is 0 Å². The smallest absolute Gasteiger partial charge is 0.261 e. The summed E-state index contributed by atoms with van der Waals surface area (Å²) in [5.74, 6) is -0.120. The fourth-order valence-electron chi connectivity index (χ4n) is 3.24. The molecule has 8 heteroatoms. The molecule has 0 aliphatic carbocycles. The predicted molar refractivity (Wildman–Crippen MR) is 113 cm³/mol. The average molecular weight is 416 g/mol. The minimum atomic E-state index is -3.89. The molecule has 29 heavy (non-hydrogen) atoms. The molecule has 0 unspecified atom stereocenters. The maximum atomic E-state index is 12.9. The standard InChI is InChI=1S/C21H25N3O4S/c1-14(2)13-22-21(26)18-6-4-5-7-19(18)23-29(27,28)17-8-9-20-16(12-17)10-11-24(20)15(3)25/h4-9,12,14,23H,10-11,13H2,1-3H3,(H,22,26). The third-order valence-electron chi connectivity index (χ3n) is 4.72. The molecule has 3 rings (SSSR count). The molecular formula is C21H25N3O4S. The van der Waals surface area contributed by atoms with Crippen molar-refractivity contribution in [3.63, 3.8) is 0 Å². The van der Waals surface area contributed by atoms with Gasteiger partial charge in [0.2, 0.25) is 5.91 Å². The summed E-state index contributed by atoms with van der Waals surface area (Å²) in [7, 11) is -3.89. The lowest BCUT2D eigenvalue weighted by Crippen LogP contribution is -2.28. The molecule has 1 aliphatic rings. The van der Waals surface area contributed by atoms with Gasteiger partial charge >= 0.3 is 0 Å². The molecule has 2 N–H and O–H groups in total.